The van der Waals surface area contributed by atoms with Crippen molar-refractivity contribution in [3.63, 3.8) is 0 Å². The molecule has 1 saturated heterocycles. The van der Waals surface area contributed by atoms with Crippen LogP contribution < -0.4 is 5.32 Å². The van der Waals surface area contributed by atoms with Crippen molar-refractivity contribution in [3.8, 4) is 0 Å². The number of nitrogens with zero attached hydrogens (tertiary/aromatic N) is 1. The van der Waals surface area contributed by atoms with Gasteiger partial charge in [-0.05, 0) is 44.1 Å². The molecule has 2 nitrogen and oxygen atoms in total. The third-order valence-electron chi connectivity index (χ3n) is 3.32. The monoisotopic (exact) mass is 222 g/mol. The molecule has 1 heterocycles. The molecule has 16 heavy (non-hydrogen) atoms. The molecule has 1 aliphatic rings. The van der Waals surface area contributed by atoms with Crippen molar-refractivity contribution in [1.82, 2.24) is 10.2 Å². The van der Waals surface area contributed by atoms with Crippen LogP contribution in [0.25, 0.3) is 0 Å². The van der Waals surface area contributed by atoms with Crippen molar-refractivity contribution in [2.75, 3.05) is 26.7 Å². The third-order valence-corrected chi connectivity index (χ3v) is 3.32. The highest BCUT2D eigenvalue weighted by Gasteiger charge is 2.18. The molecular formula is C13H19FN2. The quantitative estimate of drug-likeness (QED) is 0.833. The number of nitrogens with one attached hydrogen (secondary N) is 1. The minimum Gasteiger partial charge on any atom is -0.315 e. The maximum Gasteiger partial charge on any atom is 0.123 e. The zero-order valence-corrected chi connectivity index (χ0v) is 9.75. The van der Waals surface area contributed by atoms with Crippen LogP contribution >= 0.6 is 0 Å². The first-order valence-electron chi connectivity index (χ1n) is 5.91. The van der Waals surface area contributed by atoms with Crippen LogP contribution in [0.15, 0.2) is 24.3 Å². The van der Waals surface area contributed by atoms with Gasteiger partial charge in [0.05, 0.1) is 0 Å². The van der Waals surface area contributed by atoms with E-state index < -0.39 is 0 Å². The van der Waals surface area contributed by atoms with Crippen molar-refractivity contribution in [1.29, 1.82) is 0 Å². The van der Waals surface area contributed by atoms with Crippen molar-refractivity contribution >= 4 is 0 Å². The molecule has 1 atom stereocenters. The van der Waals surface area contributed by atoms with Gasteiger partial charge >= 0.3 is 0 Å². The average Bonchev–Trinajstić information content (AvgIpc) is 2.81. The number of hydrogen-bond acceptors (Lipinski definition) is 2. The van der Waals surface area contributed by atoms with Gasteiger partial charge in [0, 0.05) is 19.1 Å². The summed E-state index contributed by atoms with van der Waals surface area (Å²) in [5.41, 5.74) is 1.21. The Kier molecular flexibility index (Phi) is 3.91. The minimum absolute atomic E-state index is 0.155. The summed E-state index contributed by atoms with van der Waals surface area (Å²) < 4.78 is 12.7. The highest BCUT2D eigenvalue weighted by atomic mass is 19.1. The molecule has 0 bridgehead atoms. The smallest absolute Gasteiger partial charge is 0.123 e. The van der Waals surface area contributed by atoms with Crippen LogP contribution in [-0.2, 0) is 6.42 Å². The second-order valence-corrected chi connectivity index (χ2v) is 4.50. The number of likely N-dealkylation sites (N-methyl/N-ethyl adjacent to an activating group) is 1. The topological polar surface area (TPSA) is 15.3 Å². The second kappa shape index (κ2) is 5.41. The maximum atomic E-state index is 12.7. The molecule has 1 aromatic carbocycles. The fourth-order valence-electron chi connectivity index (χ4n) is 2.15. The molecule has 0 spiro atoms. The first-order chi connectivity index (χ1) is 7.75. The summed E-state index contributed by atoms with van der Waals surface area (Å²) in [4.78, 5) is 2.39. The average molecular weight is 222 g/mol. The van der Waals surface area contributed by atoms with Gasteiger partial charge in [-0.25, -0.2) is 4.39 Å². The summed E-state index contributed by atoms with van der Waals surface area (Å²) in [5.74, 6) is -0.155. The van der Waals surface area contributed by atoms with Gasteiger partial charge in [0.2, 0.25) is 0 Å². The fraction of sp³-hybridized carbons (Fsp3) is 0.538. The van der Waals surface area contributed by atoms with Crippen molar-refractivity contribution in [2.24, 2.45) is 0 Å². The summed E-state index contributed by atoms with van der Waals surface area (Å²) in [6.07, 6.45) is 2.23. The molecular weight excluding hydrogens is 203 g/mol. The standard InChI is InChI=1S/C13H19FN2/c1-16(13-6-8-15-10-13)9-7-11-2-4-12(14)5-3-11/h2-5,13,15H,6-10H2,1H3. The maximum absolute atomic E-state index is 12.7. The van der Waals surface area contributed by atoms with Crippen LogP contribution in [0.2, 0.25) is 0 Å². The van der Waals surface area contributed by atoms with Gasteiger partial charge in [0.15, 0.2) is 0 Å². The molecule has 0 aromatic heterocycles. The first-order valence-corrected chi connectivity index (χ1v) is 5.91. The Morgan fingerprint density at radius 2 is 2.12 bits per heavy atom. The summed E-state index contributed by atoms with van der Waals surface area (Å²) in [7, 11) is 2.17. The lowest BCUT2D eigenvalue weighted by Crippen LogP contribution is -2.34. The van der Waals surface area contributed by atoms with Crippen molar-refractivity contribution in [2.45, 2.75) is 18.9 Å². The Morgan fingerprint density at radius 3 is 2.75 bits per heavy atom. The van der Waals surface area contributed by atoms with Crippen LogP contribution in [0.3, 0.4) is 0 Å². The Hall–Kier alpha value is -0.930. The normalized spacial score (nSPS) is 20.6. The summed E-state index contributed by atoms with van der Waals surface area (Å²) in [5, 5.41) is 3.37. The molecule has 3 heteroatoms. The predicted octanol–water partition coefficient (Wildman–Crippen LogP) is 1.66. The van der Waals surface area contributed by atoms with Gasteiger partial charge < -0.3 is 10.2 Å². The lowest BCUT2D eigenvalue weighted by molar-refractivity contribution is 0.260. The molecule has 0 amide bonds. The van der Waals surface area contributed by atoms with E-state index in [1.54, 1.807) is 0 Å². The minimum atomic E-state index is -0.155. The van der Waals surface area contributed by atoms with E-state index in [2.05, 4.69) is 17.3 Å². The number of benzene rings is 1. The van der Waals surface area contributed by atoms with E-state index in [9.17, 15) is 4.39 Å². The Bertz CT molecular complexity index is 317. The van der Waals surface area contributed by atoms with Crippen molar-refractivity contribution in [3.05, 3.63) is 35.6 Å². The van der Waals surface area contributed by atoms with E-state index >= 15 is 0 Å². The fourth-order valence-corrected chi connectivity index (χ4v) is 2.15. The number of rotatable bonds is 4. The van der Waals surface area contributed by atoms with Crippen molar-refractivity contribution < 1.29 is 4.39 Å². The first kappa shape index (κ1) is 11.6. The molecule has 1 fully saturated rings. The summed E-state index contributed by atoms with van der Waals surface area (Å²) in [6, 6.07) is 7.48. The van der Waals surface area contributed by atoms with E-state index in [0.29, 0.717) is 6.04 Å². The molecule has 0 saturated carbocycles. The van der Waals surface area contributed by atoms with Crippen LogP contribution in [0.1, 0.15) is 12.0 Å². The van der Waals surface area contributed by atoms with Crippen LogP contribution in [0.4, 0.5) is 4.39 Å². The molecule has 1 unspecified atom stereocenters. The highest BCUT2D eigenvalue weighted by Crippen LogP contribution is 2.08. The summed E-state index contributed by atoms with van der Waals surface area (Å²) >= 11 is 0. The molecule has 88 valence electrons. The van der Waals surface area contributed by atoms with Crippen LogP contribution in [-0.4, -0.2) is 37.6 Å². The summed E-state index contributed by atoms with van der Waals surface area (Å²) in [6.45, 7) is 3.27. The van der Waals surface area contributed by atoms with Crippen LogP contribution in [0.5, 0.6) is 0 Å². The Balaban J connectivity index is 1.80. The molecule has 1 N–H and O–H groups in total. The second-order valence-electron chi connectivity index (χ2n) is 4.50. The molecule has 0 radical (unpaired) electrons. The predicted molar refractivity (Wildman–Crippen MR) is 64.0 cm³/mol. The van der Waals surface area contributed by atoms with E-state index in [4.69, 9.17) is 0 Å². The molecule has 1 aliphatic heterocycles. The van der Waals surface area contributed by atoms with E-state index in [1.165, 1.54) is 24.1 Å². The van der Waals surface area contributed by atoms with Gasteiger partial charge in [-0.3, -0.25) is 0 Å². The molecule has 1 aromatic rings. The lowest BCUT2D eigenvalue weighted by Gasteiger charge is -2.23. The van der Waals surface area contributed by atoms with E-state index in [-0.39, 0.29) is 5.82 Å². The van der Waals surface area contributed by atoms with Gasteiger partial charge in [-0.2, -0.15) is 0 Å². The number of hydrogen-bond donors (Lipinski definition) is 1. The zero-order chi connectivity index (χ0) is 11.4. The van der Waals surface area contributed by atoms with Gasteiger partial charge in [0.25, 0.3) is 0 Å². The largest absolute Gasteiger partial charge is 0.315 e. The van der Waals surface area contributed by atoms with Crippen LogP contribution in [0, 0.1) is 5.82 Å². The van der Waals surface area contributed by atoms with Gasteiger partial charge in [-0.15, -0.1) is 0 Å². The molecule has 0 aliphatic carbocycles. The lowest BCUT2D eigenvalue weighted by atomic mass is 10.1. The van der Waals surface area contributed by atoms with E-state index in [0.717, 1.165) is 26.1 Å². The SMILES string of the molecule is CN(CCc1ccc(F)cc1)C1CCNC1. The van der Waals surface area contributed by atoms with Gasteiger partial charge in [0.1, 0.15) is 5.82 Å². The zero-order valence-electron chi connectivity index (χ0n) is 9.75. The Labute approximate surface area is 96.5 Å². The molecule has 2 rings (SSSR count). The number of halogens is 1. The third kappa shape index (κ3) is 3.03. The van der Waals surface area contributed by atoms with Gasteiger partial charge in [-0.1, -0.05) is 12.1 Å². The van der Waals surface area contributed by atoms with E-state index in [1.807, 2.05) is 12.1 Å². The Morgan fingerprint density at radius 1 is 1.38 bits per heavy atom. The highest BCUT2D eigenvalue weighted by molar-refractivity contribution is 5.16.